The van der Waals surface area contributed by atoms with Gasteiger partial charge >= 0.3 is 0 Å². The van der Waals surface area contributed by atoms with E-state index < -0.39 is 0 Å². The zero-order chi connectivity index (χ0) is 17.8. The first-order valence-corrected chi connectivity index (χ1v) is 8.43. The molecule has 0 N–H and O–H groups in total. The van der Waals surface area contributed by atoms with Crippen molar-refractivity contribution in [2.24, 2.45) is 0 Å². The van der Waals surface area contributed by atoms with Gasteiger partial charge in [0.05, 0.1) is 13.8 Å². The van der Waals surface area contributed by atoms with Gasteiger partial charge in [0.15, 0.2) is 0 Å². The lowest BCUT2D eigenvalue weighted by molar-refractivity contribution is 0.240. The van der Waals surface area contributed by atoms with E-state index in [1.165, 1.54) is 11.1 Å². The molecule has 5 nitrogen and oxygen atoms in total. The van der Waals surface area contributed by atoms with Gasteiger partial charge in [-0.1, -0.05) is 24.3 Å². The van der Waals surface area contributed by atoms with E-state index in [9.17, 15) is 0 Å². The number of benzene rings is 2. The van der Waals surface area contributed by atoms with E-state index in [-0.39, 0.29) is 0 Å². The van der Waals surface area contributed by atoms with Gasteiger partial charge in [-0.2, -0.15) is 0 Å². The Kier molecular flexibility index (Phi) is 5.31. The molecule has 0 fully saturated rings. The molecule has 0 aliphatic rings. The predicted molar refractivity (Wildman–Crippen MR) is 100.0 cm³/mol. The molecule has 0 amide bonds. The van der Waals surface area contributed by atoms with E-state index >= 15 is 0 Å². The number of hydrogen-bond acceptors (Lipinski definition) is 5. The second-order valence-electron chi connectivity index (χ2n) is 5.98. The van der Waals surface area contributed by atoms with E-state index in [4.69, 9.17) is 21.4 Å². The Labute approximate surface area is 152 Å². The van der Waals surface area contributed by atoms with Crippen molar-refractivity contribution < 1.29 is 9.15 Å². The Bertz CT molecular complexity index is 900. The van der Waals surface area contributed by atoms with Crippen LogP contribution in [0.15, 0.2) is 52.9 Å². The quantitative estimate of drug-likeness (QED) is 0.618. The van der Waals surface area contributed by atoms with Gasteiger partial charge in [-0.15, -0.1) is 5.10 Å². The van der Waals surface area contributed by atoms with Gasteiger partial charge < -0.3 is 9.15 Å². The molecule has 0 aliphatic carbocycles. The van der Waals surface area contributed by atoms with Crippen LogP contribution in [0.4, 0.5) is 0 Å². The normalized spacial score (nSPS) is 11.0. The smallest absolute Gasteiger partial charge is 0.288 e. The predicted octanol–water partition coefficient (Wildman–Crippen LogP) is 4.28. The van der Waals surface area contributed by atoms with Gasteiger partial charge in [0.2, 0.25) is 5.89 Å². The summed E-state index contributed by atoms with van der Waals surface area (Å²) in [6, 6.07) is 15.9. The minimum atomic E-state index is 0.363. The van der Waals surface area contributed by atoms with Crippen LogP contribution in [0, 0.1) is 11.8 Å². The van der Waals surface area contributed by atoms with Crippen molar-refractivity contribution in [3.05, 3.63) is 64.5 Å². The monoisotopic (exact) mass is 355 g/mol. The van der Waals surface area contributed by atoms with Crippen molar-refractivity contribution in [1.82, 2.24) is 14.7 Å². The topological polar surface area (TPSA) is 43.4 Å². The molecule has 0 aliphatic heterocycles. The molecule has 0 radical (unpaired) electrons. The SMILES string of the molecule is COc1ccc(-c2nn(CN(C)Cc3ccccc3C)c(=S)o2)cc1. The number of ether oxygens (including phenoxy) is 1. The van der Waals surface area contributed by atoms with Gasteiger partial charge in [-0.25, -0.2) is 4.68 Å². The summed E-state index contributed by atoms with van der Waals surface area (Å²) < 4.78 is 12.5. The van der Waals surface area contributed by atoms with E-state index in [2.05, 4.69) is 35.1 Å². The van der Waals surface area contributed by atoms with Gasteiger partial charge in [0.25, 0.3) is 4.84 Å². The Balaban J connectivity index is 1.74. The van der Waals surface area contributed by atoms with Gasteiger partial charge in [-0.05, 0) is 61.6 Å². The molecule has 0 atom stereocenters. The molecule has 25 heavy (non-hydrogen) atoms. The summed E-state index contributed by atoms with van der Waals surface area (Å²) in [5.41, 5.74) is 3.43. The molecule has 2 aromatic carbocycles. The molecule has 3 rings (SSSR count). The van der Waals surface area contributed by atoms with Gasteiger partial charge in [-0.3, -0.25) is 4.90 Å². The maximum absolute atomic E-state index is 5.65. The van der Waals surface area contributed by atoms with Crippen molar-refractivity contribution in [2.45, 2.75) is 20.1 Å². The molecule has 3 aromatic rings. The Morgan fingerprint density at radius 3 is 2.56 bits per heavy atom. The highest BCUT2D eigenvalue weighted by molar-refractivity contribution is 7.71. The fraction of sp³-hybridized carbons (Fsp3) is 0.263. The molecular weight excluding hydrogens is 334 g/mol. The largest absolute Gasteiger partial charge is 0.497 e. The average Bonchev–Trinajstić information content (AvgIpc) is 2.97. The van der Waals surface area contributed by atoms with Crippen LogP contribution in [0.5, 0.6) is 5.75 Å². The van der Waals surface area contributed by atoms with Crippen molar-refractivity contribution in [1.29, 1.82) is 0 Å². The van der Waals surface area contributed by atoms with Crippen LogP contribution in [-0.2, 0) is 13.2 Å². The standard InChI is InChI=1S/C19H21N3O2S/c1-14-6-4-5-7-16(14)12-21(2)13-22-19(25)24-18(20-22)15-8-10-17(23-3)11-9-15/h4-11H,12-13H2,1-3H3. The maximum atomic E-state index is 5.65. The second-order valence-corrected chi connectivity index (χ2v) is 6.33. The number of rotatable bonds is 6. The van der Waals surface area contributed by atoms with E-state index in [1.807, 2.05) is 37.4 Å². The zero-order valence-electron chi connectivity index (χ0n) is 14.6. The summed E-state index contributed by atoms with van der Waals surface area (Å²) in [5, 5.41) is 4.50. The number of nitrogens with zero attached hydrogens (tertiary/aromatic N) is 3. The number of methoxy groups -OCH3 is 1. The van der Waals surface area contributed by atoms with Crippen LogP contribution in [0.2, 0.25) is 0 Å². The van der Waals surface area contributed by atoms with Gasteiger partial charge in [0.1, 0.15) is 5.75 Å². The summed E-state index contributed by atoms with van der Waals surface area (Å²) in [4.78, 5) is 2.51. The third kappa shape index (κ3) is 4.15. The molecule has 0 bridgehead atoms. The molecule has 6 heteroatoms. The summed E-state index contributed by atoms with van der Waals surface area (Å²) in [6.45, 7) is 3.50. The molecule has 0 unspecified atom stereocenters. The summed E-state index contributed by atoms with van der Waals surface area (Å²) >= 11 is 5.31. The highest BCUT2D eigenvalue weighted by Crippen LogP contribution is 2.21. The third-order valence-corrected chi connectivity index (χ3v) is 4.31. The highest BCUT2D eigenvalue weighted by atomic mass is 32.1. The van der Waals surface area contributed by atoms with Crippen molar-refractivity contribution >= 4 is 12.2 Å². The third-order valence-electron chi connectivity index (χ3n) is 4.02. The number of hydrogen-bond donors (Lipinski definition) is 0. The summed E-state index contributed by atoms with van der Waals surface area (Å²) in [7, 11) is 3.68. The zero-order valence-corrected chi connectivity index (χ0v) is 15.4. The molecule has 1 aromatic heterocycles. The lowest BCUT2D eigenvalue weighted by atomic mass is 10.1. The van der Waals surface area contributed by atoms with Crippen LogP contribution < -0.4 is 4.74 Å². The van der Waals surface area contributed by atoms with Gasteiger partial charge in [0, 0.05) is 12.1 Å². The molecule has 0 saturated carbocycles. The van der Waals surface area contributed by atoms with Crippen LogP contribution in [0.25, 0.3) is 11.5 Å². The first kappa shape index (κ1) is 17.4. The number of aromatic nitrogens is 2. The highest BCUT2D eigenvalue weighted by Gasteiger charge is 2.11. The van der Waals surface area contributed by atoms with E-state index in [1.54, 1.807) is 11.8 Å². The van der Waals surface area contributed by atoms with E-state index in [0.717, 1.165) is 17.9 Å². The summed E-state index contributed by atoms with van der Waals surface area (Å²) in [6.07, 6.45) is 0. The van der Waals surface area contributed by atoms with Crippen LogP contribution >= 0.6 is 12.2 Å². The fourth-order valence-corrected chi connectivity index (χ4v) is 2.78. The first-order valence-electron chi connectivity index (χ1n) is 8.02. The Morgan fingerprint density at radius 2 is 1.88 bits per heavy atom. The average molecular weight is 355 g/mol. The molecular formula is C19H21N3O2S. The lowest BCUT2D eigenvalue weighted by Gasteiger charge is -2.17. The maximum Gasteiger partial charge on any atom is 0.288 e. The minimum Gasteiger partial charge on any atom is -0.497 e. The van der Waals surface area contributed by atoms with Crippen molar-refractivity contribution in [2.75, 3.05) is 14.2 Å². The Hall–Kier alpha value is -2.44. The van der Waals surface area contributed by atoms with E-state index in [0.29, 0.717) is 17.4 Å². The van der Waals surface area contributed by atoms with Crippen LogP contribution in [0.1, 0.15) is 11.1 Å². The number of aryl methyl sites for hydroxylation is 1. The first-order chi connectivity index (χ1) is 12.1. The fourth-order valence-electron chi connectivity index (χ4n) is 2.60. The van der Waals surface area contributed by atoms with Crippen LogP contribution in [0.3, 0.4) is 0 Å². The molecule has 130 valence electrons. The molecule has 0 saturated heterocycles. The minimum absolute atomic E-state index is 0.363. The lowest BCUT2D eigenvalue weighted by Crippen LogP contribution is -2.22. The second kappa shape index (κ2) is 7.63. The van der Waals surface area contributed by atoms with Crippen molar-refractivity contribution in [3.8, 4) is 17.2 Å². The van der Waals surface area contributed by atoms with Crippen molar-refractivity contribution in [3.63, 3.8) is 0 Å². The molecule has 0 spiro atoms. The summed E-state index contributed by atoms with van der Waals surface area (Å²) in [5.74, 6) is 1.30. The van der Waals surface area contributed by atoms with Crippen LogP contribution in [-0.4, -0.2) is 28.8 Å². The Morgan fingerprint density at radius 1 is 1.16 bits per heavy atom. The molecule has 1 heterocycles.